The van der Waals surface area contributed by atoms with Crippen molar-refractivity contribution < 1.29 is 18.3 Å². The molecule has 6 nitrogen and oxygen atoms in total. The Morgan fingerprint density at radius 3 is 2.67 bits per heavy atom. The minimum absolute atomic E-state index is 0.0175. The molecule has 2 rings (SSSR count). The van der Waals surface area contributed by atoms with Gasteiger partial charge in [-0.3, -0.25) is 9.48 Å². The van der Waals surface area contributed by atoms with Gasteiger partial charge in [-0.2, -0.15) is 13.9 Å². The fourth-order valence-electron chi connectivity index (χ4n) is 1.85. The number of nitrogen functional groups attached to an aromatic ring is 1. The standard InChI is InChI=1S/C13H14F2N4O2/c1-7-10(16)11(19(2)18-7)17-12(20)8-5-3-4-6-9(8)21-13(14)15/h3-6,13H,16H2,1-2H3,(H,17,20). The van der Waals surface area contributed by atoms with Crippen LogP contribution in [-0.4, -0.2) is 22.3 Å². The van der Waals surface area contributed by atoms with Crippen molar-refractivity contribution in [1.82, 2.24) is 9.78 Å². The van der Waals surface area contributed by atoms with E-state index in [1.54, 1.807) is 20.0 Å². The number of carbonyl (C=O) groups excluding carboxylic acids is 1. The van der Waals surface area contributed by atoms with E-state index < -0.39 is 12.5 Å². The molecule has 0 aliphatic rings. The molecule has 21 heavy (non-hydrogen) atoms. The Hall–Kier alpha value is -2.64. The number of alkyl halides is 2. The van der Waals surface area contributed by atoms with Gasteiger partial charge in [0.25, 0.3) is 5.91 Å². The molecule has 1 amide bonds. The topological polar surface area (TPSA) is 82.2 Å². The molecule has 0 unspecified atom stereocenters. The Morgan fingerprint density at radius 1 is 1.43 bits per heavy atom. The van der Waals surface area contributed by atoms with Gasteiger partial charge in [-0.05, 0) is 19.1 Å². The van der Waals surface area contributed by atoms with Crippen molar-refractivity contribution in [3.63, 3.8) is 0 Å². The molecule has 1 heterocycles. The number of carbonyl (C=O) groups is 1. The van der Waals surface area contributed by atoms with E-state index in [0.717, 1.165) is 0 Å². The minimum Gasteiger partial charge on any atom is -0.434 e. The van der Waals surface area contributed by atoms with Crippen molar-refractivity contribution in [2.45, 2.75) is 13.5 Å². The highest BCUT2D eigenvalue weighted by Crippen LogP contribution is 2.25. The molecular weight excluding hydrogens is 282 g/mol. The third kappa shape index (κ3) is 3.10. The van der Waals surface area contributed by atoms with Crippen LogP contribution in [0.3, 0.4) is 0 Å². The van der Waals surface area contributed by atoms with Gasteiger partial charge in [-0.15, -0.1) is 0 Å². The van der Waals surface area contributed by atoms with Gasteiger partial charge in [0.05, 0.1) is 16.9 Å². The van der Waals surface area contributed by atoms with Crippen LogP contribution in [0.1, 0.15) is 16.1 Å². The molecule has 0 bridgehead atoms. The predicted molar refractivity (Wildman–Crippen MR) is 73.4 cm³/mol. The molecule has 0 saturated heterocycles. The van der Waals surface area contributed by atoms with Crippen LogP contribution in [0.2, 0.25) is 0 Å². The number of benzene rings is 1. The molecule has 1 aromatic heterocycles. The first kappa shape index (κ1) is 14.8. The van der Waals surface area contributed by atoms with E-state index in [9.17, 15) is 13.6 Å². The predicted octanol–water partition coefficient (Wildman–Crippen LogP) is 2.16. The zero-order chi connectivity index (χ0) is 15.6. The first-order valence-corrected chi connectivity index (χ1v) is 6.04. The number of aryl methyl sites for hydroxylation is 2. The van der Waals surface area contributed by atoms with Crippen LogP contribution in [0.15, 0.2) is 24.3 Å². The second kappa shape index (κ2) is 5.78. The highest BCUT2D eigenvalue weighted by molar-refractivity contribution is 6.07. The van der Waals surface area contributed by atoms with E-state index in [0.29, 0.717) is 17.2 Å². The highest BCUT2D eigenvalue weighted by Gasteiger charge is 2.18. The van der Waals surface area contributed by atoms with Crippen LogP contribution in [0, 0.1) is 6.92 Å². The zero-order valence-corrected chi connectivity index (χ0v) is 11.4. The van der Waals surface area contributed by atoms with Gasteiger partial charge in [-0.1, -0.05) is 12.1 Å². The van der Waals surface area contributed by atoms with E-state index in [4.69, 9.17) is 5.73 Å². The molecule has 3 N–H and O–H groups in total. The van der Waals surface area contributed by atoms with Crippen LogP contribution in [0.4, 0.5) is 20.3 Å². The number of rotatable bonds is 4. The minimum atomic E-state index is -3.01. The summed E-state index contributed by atoms with van der Waals surface area (Å²) in [5.41, 5.74) is 6.66. The van der Waals surface area contributed by atoms with Gasteiger partial charge >= 0.3 is 6.61 Å². The summed E-state index contributed by atoms with van der Waals surface area (Å²) in [6, 6.07) is 5.72. The molecule has 0 fully saturated rings. The number of ether oxygens (including phenoxy) is 1. The van der Waals surface area contributed by atoms with E-state index in [2.05, 4.69) is 15.2 Å². The van der Waals surface area contributed by atoms with Gasteiger partial charge in [0.15, 0.2) is 5.82 Å². The van der Waals surface area contributed by atoms with Crippen molar-refractivity contribution in [2.75, 3.05) is 11.1 Å². The maximum Gasteiger partial charge on any atom is 0.387 e. The summed E-state index contributed by atoms with van der Waals surface area (Å²) < 4.78 is 30.4. The second-order valence-corrected chi connectivity index (χ2v) is 4.30. The van der Waals surface area contributed by atoms with Crippen LogP contribution >= 0.6 is 0 Å². The number of para-hydroxylation sites is 1. The van der Waals surface area contributed by atoms with Crippen LogP contribution < -0.4 is 15.8 Å². The van der Waals surface area contributed by atoms with Crippen LogP contribution in [-0.2, 0) is 7.05 Å². The Morgan fingerprint density at radius 2 is 2.10 bits per heavy atom. The number of nitrogens with zero attached hydrogens (tertiary/aromatic N) is 2. The molecule has 0 saturated carbocycles. The van der Waals surface area contributed by atoms with Crippen LogP contribution in [0.25, 0.3) is 0 Å². The average Bonchev–Trinajstić information content (AvgIpc) is 2.65. The van der Waals surface area contributed by atoms with Crippen molar-refractivity contribution in [3.8, 4) is 5.75 Å². The van der Waals surface area contributed by atoms with E-state index >= 15 is 0 Å². The van der Waals surface area contributed by atoms with Crippen molar-refractivity contribution in [3.05, 3.63) is 35.5 Å². The summed E-state index contributed by atoms with van der Waals surface area (Å²) >= 11 is 0. The lowest BCUT2D eigenvalue weighted by atomic mass is 10.2. The molecule has 0 aliphatic heterocycles. The molecule has 0 radical (unpaired) electrons. The Bertz CT molecular complexity index is 670. The summed E-state index contributed by atoms with van der Waals surface area (Å²) in [5, 5.41) is 6.59. The van der Waals surface area contributed by atoms with E-state index in [1.807, 2.05) is 0 Å². The summed E-state index contributed by atoms with van der Waals surface area (Å²) in [7, 11) is 1.61. The average molecular weight is 296 g/mol. The van der Waals surface area contributed by atoms with Crippen molar-refractivity contribution in [1.29, 1.82) is 0 Å². The number of amides is 1. The monoisotopic (exact) mass is 296 g/mol. The van der Waals surface area contributed by atoms with Gasteiger partial charge in [0, 0.05) is 7.05 Å². The first-order valence-electron chi connectivity index (χ1n) is 6.04. The maximum atomic E-state index is 12.3. The van der Waals surface area contributed by atoms with E-state index in [1.165, 1.54) is 22.9 Å². The molecule has 112 valence electrons. The number of hydrogen-bond acceptors (Lipinski definition) is 4. The van der Waals surface area contributed by atoms with Crippen molar-refractivity contribution in [2.24, 2.45) is 7.05 Å². The lowest BCUT2D eigenvalue weighted by Crippen LogP contribution is -2.17. The summed E-state index contributed by atoms with van der Waals surface area (Å²) in [6.07, 6.45) is 0. The fourth-order valence-corrected chi connectivity index (χ4v) is 1.85. The lowest BCUT2D eigenvalue weighted by molar-refractivity contribution is -0.0501. The lowest BCUT2D eigenvalue weighted by Gasteiger charge is -2.11. The van der Waals surface area contributed by atoms with Crippen LogP contribution in [0.5, 0.6) is 5.75 Å². The number of anilines is 2. The van der Waals surface area contributed by atoms with E-state index in [-0.39, 0.29) is 11.3 Å². The highest BCUT2D eigenvalue weighted by atomic mass is 19.3. The number of halogens is 2. The zero-order valence-electron chi connectivity index (χ0n) is 11.4. The van der Waals surface area contributed by atoms with Gasteiger partial charge in [0.2, 0.25) is 0 Å². The Kier molecular flexibility index (Phi) is 4.06. The molecule has 1 aromatic carbocycles. The number of hydrogen-bond donors (Lipinski definition) is 2. The third-order valence-corrected chi connectivity index (χ3v) is 2.85. The first-order chi connectivity index (χ1) is 9.90. The van der Waals surface area contributed by atoms with Gasteiger partial charge < -0.3 is 15.8 Å². The Balaban J connectivity index is 2.29. The molecule has 0 spiro atoms. The third-order valence-electron chi connectivity index (χ3n) is 2.85. The molecular formula is C13H14F2N4O2. The molecule has 2 aromatic rings. The summed E-state index contributed by atoms with van der Waals surface area (Å²) in [4.78, 5) is 12.2. The number of nitrogens with one attached hydrogen (secondary N) is 1. The fraction of sp³-hybridized carbons (Fsp3) is 0.231. The molecule has 0 atom stereocenters. The molecule has 8 heteroatoms. The maximum absolute atomic E-state index is 12.3. The second-order valence-electron chi connectivity index (χ2n) is 4.30. The van der Waals surface area contributed by atoms with Gasteiger partial charge in [0.1, 0.15) is 5.75 Å². The normalized spacial score (nSPS) is 10.7. The SMILES string of the molecule is Cc1nn(C)c(NC(=O)c2ccccc2OC(F)F)c1N. The smallest absolute Gasteiger partial charge is 0.387 e. The largest absolute Gasteiger partial charge is 0.434 e. The number of aromatic nitrogens is 2. The van der Waals surface area contributed by atoms with Gasteiger partial charge in [-0.25, -0.2) is 0 Å². The van der Waals surface area contributed by atoms with Crippen molar-refractivity contribution >= 4 is 17.4 Å². The Labute approximate surface area is 119 Å². The summed E-state index contributed by atoms with van der Waals surface area (Å²) in [5.74, 6) is -0.521. The molecule has 0 aliphatic carbocycles. The summed E-state index contributed by atoms with van der Waals surface area (Å²) in [6.45, 7) is -1.32. The quantitative estimate of drug-likeness (QED) is 0.905. The number of nitrogens with two attached hydrogens (primary N) is 1.